The Morgan fingerprint density at radius 2 is 2.18 bits per heavy atom. The molecule has 0 amide bonds. The Hall–Kier alpha value is -0.630. The molecule has 2 heteroatoms. The number of aldehydes is 1. The van der Waals surface area contributed by atoms with Gasteiger partial charge in [0.15, 0.2) is 0 Å². The van der Waals surface area contributed by atoms with Gasteiger partial charge in [0.25, 0.3) is 0 Å². The van der Waals surface area contributed by atoms with Crippen LogP contribution in [0.15, 0.2) is 11.1 Å². The van der Waals surface area contributed by atoms with Gasteiger partial charge in [-0.15, -0.1) is 0 Å². The van der Waals surface area contributed by atoms with Crippen LogP contribution in [0.2, 0.25) is 0 Å². The molecule has 0 atom stereocenters. The Labute approximate surface area is 67.9 Å². The van der Waals surface area contributed by atoms with Crippen LogP contribution in [0.3, 0.4) is 0 Å². The van der Waals surface area contributed by atoms with Gasteiger partial charge in [0.05, 0.1) is 6.61 Å². The van der Waals surface area contributed by atoms with Gasteiger partial charge in [-0.25, -0.2) is 0 Å². The Bertz CT molecular complexity index is 148. The molecule has 0 saturated carbocycles. The van der Waals surface area contributed by atoms with Crippen LogP contribution in [0.5, 0.6) is 0 Å². The van der Waals surface area contributed by atoms with E-state index in [1.807, 2.05) is 13.8 Å². The highest BCUT2D eigenvalue weighted by atomic mass is 16.3. The van der Waals surface area contributed by atoms with Crippen LogP contribution in [0.25, 0.3) is 0 Å². The van der Waals surface area contributed by atoms with Crippen LogP contribution in [0.1, 0.15) is 33.1 Å². The standard InChI is InChI=1S/C9H16O2/c1-3-8(2)9(7-11)5-4-6-10/h6,11H,3-5,7H2,1-2H3/b9-8-. The van der Waals surface area contributed by atoms with Gasteiger partial charge in [0.1, 0.15) is 6.29 Å². The third-order valence-electron chi connectivity index (χ3n) is 1.89. The predicted octanol–water partition coefficient (Wildman–Crippen LogP) is 1.68. The zero-order valence-electron chi connectivity index (χ0n) is 7.26. The molecule has 64 valence electrons. The summed E-state index contributed by atoms with van der Waals surface area (Å²) in [6, 6.07) is 0. The van der Waals surface area contributed by atoms with E-state index in [1.165, 1.54) is 5.57 Å². The minimum atomic E-state index is 0.0908. The van der Waals surface area contributed by atoms with Gasteiger partial charge in [-0.2, -0.15) is 0 Å². The third kappa shape index (κ3) is 3.94. The van der Waals surface area contributed by atoms with Crippen LogP contribution in [-0.2, 0) is 4.79 Å². The van der Waals surface area contributed by atoms with Crippen molar-refractivity contribution >= 4 is 6.29 Å². The van der Waals surface area contributed by atoms with E-state index in [1.54, 1.807) is 0 Å². The van der Waals surface area contributed by atoms with Gasteiger partial charge in [0.2, 0.25) is 0 Å². The summed E-state index contributed by atoms with van der Waals surface area (Å²) in [7, 11) is 0. The van der Waals surface area contributed by atoms with Crippen molar-refractivity contribution in [3.8, 4) is 0 Å². The number of rotatable bonds is 5. The lowest BCUT2D eigenvalue weighted by Gasteiger charge is -2.05. The Morgan fingerprint density at radius 1 is 1.55 bits per heavy atom. The maximum absolute atomic E-state index is 10.0. The summed E-state index contributed by atoms with van der Waals surface area (Å²) in [6.45, 7) is 4.13. The Balaban J connectivity index is 4.02. The van der Waals surface area contributed by atoms with E-state index in [4.69, 9.17) is 5.11 Å². The van der Waals surface area contributed by atoms with Gasteiger partial charge in [-0.3, -0.25) is 0 Å². The summed E-state index contributed by atoms with van der Waals surface area (Å²) in [4.78, 5) is 10.0. The highest BCUT2D eigenvalue weighted by molar-refractivity contribution is 5.50. The molecule has 0 aliphatic rings. The Morgan fingerprint density at radius 3 is 2.55 bits per heavy atom. The summed E-state index contributed by atoms with van der Waals surface area (Å²) in [5, 5.41) is 8.88. The fourth-order valence-corrected chi connectivity index (χ4v) is 0.911. The van der Waals surface area contributed by atoms with E-state index in [-0.39, 0.29) is 6.61 Å². The van der Waals surface area contributed by atoms with Crippen LogP contribution in [-0.4, -0.2) is 18.0 Å². The van der Waals surface area contributed by atoms with Gasteiger partial charge >= 0.3 is 0 Å². The van der Waals surface area contributed by atoms with Gasteiger partial charge in [-0.05, 0) is 25.3 Å². The first-order chi connectivity index (χ1) is 5.26. The molecule has 0 spiro atoms. The molecule has 0 aliphatic carbocycles. The van der Waals surface area contributed by atoms with Crippen molar-refractivity contribution in [1.29, 1.82) is 0 Å². The number of hydrogen-bond acceptors (Lipinski definition) is 2. The monoisotopic (exact) mass is 156 g/mol. The van der Waals surface area contributed by atoms with Crippen molar-refractivity contribution in [2.24, 2.45) is 0 Å². The van der Waals surface area contributed by atoms with E-state index in [2.05, 4.69) is 0 Å². The SMILES string of the molecule is CC/C(C)=C(\CO)CCC=O. The second-order valence-electron chi connectivity index (χ2n) is 2.60. The van der Waals surface area contributed by atoms with Gasteiger partial charge in [-0.1, -0.05) is 12.5 Å². The number of aliphatic hydroxyl groups is 1. The van der Waals surface area contributed by atoms with Crippen LogP contribution < -0.4 is 0 Å². The van der Waals surface area contributed by atoms with Crippen LogP contribution >= 0.6 is 0 Å². The zero-order valence-corrected chi connectivity index (χ0v) is 7.26. The minimum Gasteiger partial charge on any atom is -0.392 e. The molecular formula is C9H16O2. The fourth-order valence-electron chi connectivity index (χ4n) is 0.911. The third-order valence-corrected chi connectivity index (χ3v) is 1.89. The van der Waals surface area contributed by atoms with E-state index in [9.17, 15) is 4.79 Å². The molecule has 0 aromatic rings. The first-order valence-electron chi connectivity index (χ1n) is 3.98. The maximum atomic E-state index is 10.0. The second-order valence-corrected chi connectivity index (χ2v) is 2.60. The molecule has 1 N–H and O–H groups in total. The Kier molecular flexibility index (Phi) is 5.75. The van der Waals surface area contributed by atoms with Crippen molar-refractivity contribution in [1.82, 2.24) is 0 Å². The molecule has 2 nitrogen and oxygen atoms in total. The minimum absolute atomic E-state index is 0.0908. The molecule has 0 rings (SSSR count). The van der Waals surface area contributed by atoms with Crippen molar-refractivity contribution < 1.29 is 9.90 Å². The fraction of sp³-hybridized carbons (Fsp3) is 0.667. The van der Waals surface area contributed by atoms with Crippen molar-refractivity contribution in [3.63, 3.8) is 0 Å². The zero-order chi connectivity index (χ0) is 8.69. The molecule has 0 radical (unpaired) electrons. The van der Waals surface area contributed by atoms with Gasteiger partial charge < -0.3 is 9.90 Å². The van der Waals surface area contributed by atoms with Crippen molar-refractivity contribution in [2.45, 2.75) is 33.1 Å². The quantitative estimate of drug-likeness (QED) is 0.485. The number of carbonyl (C=O) groups is 1. The average molecular weight is 156 g/mol. The molecular weight excluding hydrogens is 140 g/mol. The predicted molar refractivity (Wildman–Crippen MR) is 45.4 cm³/mol. The van der Waals surface area contributed by atoms with E-state index in [0.29, 0.717) is 12.8 Å². The van der Waals surface area contributed by atoms with Crippen LogP contribution in [0.4, 0.5) is 0 Å². The topological polar surface area (TPSA) is 37.3 Å². The molecule has 0 fully saturated rings. The molecule has 0 heterocycles. The highest BCUT2D eigenvalue weighted by Crippen LogP contribution is 2.12. The number of aliphatic hydroxyl groups excluding tert-OH is 1. The lowest BCUT2D eigenvalue weighted by molar-refractivity contribution is -0.107. The van der Waals surface area contributed by atoms with E-state index < -0.39 is 0 Å². The largest absolute Gasteiger partial charge is 0.392 e. The smallest absolute Gasteiger partial charge is 0.120 e. The normalized spacial score (nSPS) is 12.6. The van der Waals surface area contributed by atoms with E-state index >= 15 is 0 Å². The maximum Gasteiger partial charge on any atom is 0.120 e. The summed E-state index contributed by atoms with van der Waals surface area (Å²) in [5.41, 5.74) is 2.22. The first-order valence-corrected chi connectivity index (χ1v) is 3.98. The van der Waals surface area contributed by atoms with Gasteiger partial charge in [0, 0.05) is 6.42 Å². The molecule has 11 heavy (non-hydrogen) atoms. The van der Waals surface area contributed by atoms with Crippen molar-refractivity contribution in [3.05, 3.63) is 11.1 Å². The van der Waals surface area contributed by atoms with Crippen LogP contribution in [0, 0.1) is 0 Å². The number of hydrogen-bond donors (Lipinski definition) is 1. The molecule has 0 unspecified atom stereocenters. The number of carbonyl (C=O) groups excluding carboxylic acids is 1. The lowest BCUT2D eigenvalue weighted by Crippen LogP contribution is -1.95. The molecule has 0 saturated heterocycles. The average Bonchev–Trinajstić information content (AvgIpc) is 2.05. The molecule has 0 aliphatic heterocycles. The summed E-state index contributed by atoms with van der Waals surface area (Å²) < 4.78 is 0. The molecule has 0 bridgehead atoms. The molecule has 0 aromatic carbocycles. The highest BCUT2D eigenvalue weighted by Gasteiger charge is 1.98. The molecule has 0 aromatic heterocycles. The second kappa shape index (κ2) is 6.10. The number of allylic oxidation sites excluding steroid dienone is 1. The van der Waals surface area contributed by atoms with Crippen molar-refractivity contribution in [2.75, 3.05) is 6.61 Å². The first kappa shape index (κ1) is 10.4. The van der Waals surface area contributed by atoms with E-state index in [0.717, 1.165) is 18.3 Å². The summed E-state index contributed by atoms with van der Waals surface area (Å²) in [5.74, 6) is 0. The summed E-state index contributed by atoms with van der Waals surface area (Å²) in [6.07, 6.45) is 3.07. The summed E-state index contributed by atoms with van der Waals surface area (Å²) >= 11 is 0. The lowest BCUT2D eigenvalue weighted by atomic mass is 10.0.